The Morgan fingerprint density at radius 1 is 1.39 bits per heavy atom. The van der Waals surface area contributed by atoms with E-state index >= 15 is 0 Å². The van der Waals surface area contributed by atoms with Crippen molar-refractivity contribution in [3.8, 4) is 0 Å². The second-order valence-electron chi connectivity index (χ2n) is 4.57. The fraction of sp³-hybridized carbons (Fsp3) is 0.385. The summed E-state index contributed by atoms with van der Waals surface area (Å²) >= 11 is 5.68. The molecular formula is C13H13ClN2O2. The number of hydrogen-bond acceptors (Lipinski definition) is 2. The lowest BCUT2D eigenvalue weighted by Gasteiger charge is -2.40. The van der Waals surface area contributed by atoms with Crippen LogP contribution in [0.3, 0.4) is 0 Å². The summed E-state index contributed by atoms with van der Waals surface area (Å²) in [6.45, 7) is 0.589. The van der Waals surface area contributed by atoms with Gasteiger partial charge >= 0.3 is 0 Å². The number of anilines is 1. The van der Waals surface area contributed by atoms with Crippen molar-refractivity contribution < 1.29 is 9.59 Å². The molecule has 0 spiro atoms. The number of fused-ring (bicyclic) bond motifs is 2. The number of halogens is 1. The molecule has 0 aliphatic carbocycles. The number of benzene rings is 1. The molecule has 1 fully saturated rings. The van der Waals surface area contributed by atoms with Gasteiger partial charge in [-0.1, -0.05) is 18.2 Å². The first-order chi connectivity index (χ1) is 8.72. The van der Waals surface area contributed by atoms with Crippen molar-refractivity contribution in [1.82, 2.24) is 4.90 Å². The van der Waals surface area contributed by atoms with Crippen LogP contribution in [0.2, 0.25) is 0 Å². The largest absolute Gasteiger partial charge is 0.317 e. The number of nitrogens with zero attached hydrogens (tertiary/aromatic N) is 2. The average molecular weight is 265 g/mol. The van der Waals surface area contributed by atoms with Gasteiger partial charge in [0.15, 0.2) is 0 Å². The zero-order valence-electron chi connectivity index (χ0n) is 9.80. The third-order valence-electron chi connectivity index (χ3n) is 3.57. The lowest BCUT2D eigenvalue weighted by Crippen LogP contribution is -2.52. The van der Waals surface area contributed by atoms with E-state index in [-0.39, 0.29) is 23.9 Å². The van der Waals surface area contributed by atoms with Gasteiger partial charge in [0.25, 0.3) is 0 Å². The number of carbonyl (C=O) groups excluding carboxylic acids is 2. The zero-order chi connectivity index (χ0) is 12.7. The molecule has 2 aliphatic heterocycles. The molecule has 1 aromatic carbocycles. The van der Waals surface area contributed by atoms with E-state index in [9.17, 15) is 9.59 Å². The molecule has 0 bridgehead atoms. The minimum absolute atomic E-state index is 0.0626. The second kappa shape index (κ2) is 4.28. The molecule has 2 amide bonds. The van der Waals surface area contributed by atoms with Crippen molar-refractivity contribution in [3.05, 3.63) is 29.8 Å². The standard InChI is InChI=1S/C13H13ClN2O2/c14-7-13(18)16-10-4-2-1-3-9(10)8-15-11(16)5-6-12(15)17/h1-4,11H,5-8H2/t11-/m1/s1. The predicted molar refractivity (Wildman–Crippen MR) is 68.2 cm³/mol. The molecule has 2 aliphatic rings. The summed E-state index contributed by atoms with van der Waals surface area (Å²) in [5.74, 6) is -0.0947. The van der Waals surface area contributed by atoms with Crippen molar-refractivity contribution in [2.45, 2.75) is 25.6 Å². The number of para-hydroxylation sites is 1. The van der Waals surface area contributed by atoms with E-state index in [0.29, 0.717) is 19.4 Å². The van der Waals surface area contributed by atoms with Gasteiger partial charge < -0.3 is 4.90 Å². The van der Waals surface area contributed by atoms with E-state index in [0.717, 1.165) is 11.3 Å². The van der Waals surface area contributed by atoms with Gasteiger partial charge in [0.1, 0.15) is 12.0 Å². The highest BCUT2D eigenvalue weighted by molar-refractivity contribution is 6.29. The summed E-state index contributed by atoms with van der Waals surface area (Å²) in [6, 6.07) is 7.69. The van der Waals surface area contributed by atoms with Crippen LogP contribution in [-0.4, -0.2) is 28.8 Å². The summed E-state index contributed by atoms with van der Waals surface area (Å²) in [6.07, 6.45) is 1.04. The van der Waals surface area contributed by atoms with Gasteiger partial charge in [-0.25, -0.2) is 0 Å². The Balaban J connectivity index is 2.08. The first-order valence-electron chi connectivity index (χ1n) is 5.98. The van der Waals surface area contributed by atoms with Crippen molar-refractivity contribution in [2.75, 3.05) is 10.8 Å². The highest BCUT2D eigenvalue weighted by Crippen LogP contribution is 2.36. The lowest BCUT2D eigenvalue weighted by atomic mass is 10.1. The van der Waals surface area contributed by atoms with Crippen LogP contribution in [0.1, 0.15) is 18.4 Å². The first kappa shape index (κ1) is 11.5. The van der Waals surface area contributed by atoms with Crippen molar-refractivity contribution in [3.63, 3.8) is 0 Å². The molecule has 0 saturated carbocycles. The van der Waals surface area contributed by atoms with E-state index in [4.69, 9.17) is 11.6 Å². The zero-order valence-corrected chi connectivity index (χ0v) is 10.6. The Morgan fingerprint density at radius 3 is 2.94 bits per heavy atom. The third kappa shape index (κ3) is 1.60. The average Bonchev–Trinajstić information content (AvgIpc) is 2.77. The monoisotopic (exact) mass is 264 g/mol. The van der Waals surface area contributed by atoms with E-state index in [1.54, 1.807) is 9.80 Å². The van der Waals surface area contributed by atoms with Gasteiger partial charge in [0.05, 0.1) is 5.69 Å². The number of carbonyl (C=O) groups is 2. The topological polar surface area (TPSA) is 40.6 Å². The summed E-state index contributed by atoms with van der Waals surface area (Å²) in [5, 5.41) is 0. The number of alkyl halides is 1. The molecule has 1 atom stereocenters. The molecule has 0 unspecified atom stereocenters. The van der Waals surface area contributed by atoms with Crippen LogP contribution in [0.25, 0.3) is 0 Å². The van der Waals surface area contributed by atoms with Gasteiger partial charge in [0, 0.05) is 13.0 Å². The highest BCUT2D eigenvalue weighted by Gasteiger charge is 2.41. The molecule has 18 heavy (non-hydrogen) atoms. The number of rotatable bonds is 1. The minimum atomic E-state index is -0.154. The Morgan fingerprint density at radius 2 is 2.17 bits per heavy atom. The molecule has 1 aromatic rings. The fourth-order valence-corrected chi connectivity index (χ4v) is 2.90. The molecule has 0 aromatic heterocycles. The van der Waals surface area contributed by atoms with Gasteiger partial charge in [-0.05, 0) is 18.1 Å². The maximum atomic E-state index is 12.0. The van der Waals surface area contributed by atoms with E-state index in [1.807, 2.05) is 24.3 Å². The second-order valence-corrected chi connectivity index (χ2v) is 4.83. The fourth-order valence-electron chi connectivity index (χ4n) is 2.77. The molecule has 3 rings (SSSR count). The Bertz CT molecular complexity index is 517. The van der Waals surface area contributed by atoms with Crippen molar-refractivity contribution in [2.24, 2.45) is 0 Å². The summed E-state index contributed by atoms with van der Waals surface area (Å²) in [4.78, 5) is 27.3. The summed E-state index contributed by atoms with van der Waals surface area (Å²) in [5.41, 5.74) is 1.89. The Kier molecular flexibility index (Phi) is 2.74. The smallest absolute Gasteiger partial charge is 0.243 e. The molecule has 2 heterocycles. The molecule has 4 nitrogen and oxygen atoms in total. The minimum Gasteiger partial charge on any atom is -0.317 e. The van der Waals surface area contributed by atoms with Gasteiger partial charge in [-0.2, -0.15) is 0 Å². The van der Waals surface area contributed by atoms with Crippen LogP contribution >= 0.6 is 11.6 Å². The van der Waals surface area contributed by atoms with E-state index in [1.165, 1.54) is 0 Å². The first-order valence-corrected chi connectivity index (χ1v) is 6.51. The van der Waals surface area contributed by atoms with Crippen LogP contribution in [-0.2, 0) is 16.1 Å². The molecular weight excluding hydrogens is 252 g/mol. The molecule has 0 radical (unpaired) electrons. The van der Waals surface area contributed by atoms with Crippen molar-refractivity contribution in [1.29, 1.82) is 0 Å². The van der Waals surface area contributed by atoms with E-state index < -0.39 is 0 Å². The maximum absolute atomic E-state index is 12.0. The lowest BCUT2D eigenvalue weighted by molar-refractivity contribution is -0.130. The van der Waals surface area contributed by atoms with Gasteiger partial charge in [-0.15, -0.1) is 11.6 Å². The molecule has 0 N–H and O–H groups in total. The normalized spacial score (nSPS) is 21.8. The molecule has 1 saturated heterocycles. The van der Waals surface area contributed by atoms with E-state index in [2.05, 4.69) is 0 Å². The maximum Gasteiger partial charge on any atom is 0.243 e. The van der Waals surface area contributed by atoms with Gasteiger partial charge in [-0.3, -0.25) is 14.5 Å². The Labute approximate surface area is 110 Å². The predicted octanol–water partition coefficient (Wildman–Crippen LogP) is 1.72. The van der Waals surface area contributed by atoms with Crippen LogP contribution in [0, 0.1) is 0 Å². The number of amides is 2. The van der Waals surface area contributed by atoms with Crippen LogP contribution in [0.5, 0.6) is 0 Å². The van der Waals surface area contributed by atoms with Gasteiger partial charge in [0.2, 0.25) is 11.8 Å². The summed E-state index contributed by atoms with van der Waals surface area (Å²) in [7, 11) is 0. The SMILES string of the molecule is O=C1CC[C@@H]2N1Cc1ccccc1N2C(=O)CCl. The van der Waals surface area contributed by atoms with Crippen LogP contribution in [0.15, 0.2) is 24.3 Å². The number of hydrogen-bond donors (Lipinski definition) is 0. The molecule has 5 heteroatoms. The summed E-state index contributed by atoms with van der Waals surface area (Å²) < 4.78 is 0. The molecule has 94 valence electrons. The third-order valence-corrected chi connectivity index (χ3v) is 3.80. The van der Waals surface area contributed by atoms with Crippen molar-refractivity contribution >= 4 is 29.1 Å². The highest BCUT2D eigenvalue weighted by atomic mass is 35.5. The van der Waals surface area contributed by atoms with Crippen LogP contribution < -0.4 is 4.90 Å². The quantitative estimate of drug-likeness (QED) is 0.725. The Hall–Kier alpha value is -1.55. The van der Waals surface area contributed by atoms with Crippen LogP contribution in [0.4, 0.5) is 5.69 Å².